The summed E-state index contributed by atoms with van der Waals surface area (Å²) in [5.74, 6) is -1.53. The van der Waals surface area contributed by atoms with Crippen molar-refractivity contribution in [1.29, 1.82) is 10.5 Å². The summed E-state index contributed by atoms with van der Waals surface area (Å²) in [4.78, 5) is 0. The molecule has 0 aliphatic heterocycles. The molecule has 1 N–H and O–H groups in total. The van der Waals surface area contributed by atoms with E-state index in [0.717, 1.165) is 12.3 Å². The minimum Gasteiger partial charge on any atom is -0.359 e. The molecule has 80 valence electrons. The van der Waals surface area contributed by atoms with Crippen LogP contribution in [0.1, 0.15) is 0 Å². The maximum Gasteiger partial charge on any atom is 0.145 e. The summed E-state index contributed by atoms with van der Waals surface area (Å²) >= 11 is 2.91. The van der Waals surface area contributed by atoms with Gasteiger partial charge in [-0.1, -0.05) is 0 Å². The van der Waals surface area contributed by atoms with Crippen LogP contribution < -0.4 is 5.32 Å². The lowest BCUT2D eigenvalue weighted by atomic mass is 10.3. The maximum atomic E-state index is 13.1. The molecule has 0 aliphatic carbocycles. The van der Waals surface area contributed by atoms with E-state index in [4.69, 9.17) is 10.5 Å². The van der Waals surface area contributed by atoms with Crippen LogP contribution in [0.3, 0.4) is 0 Å². The number of anilines is 1. The zero-order chi connectivity index (χ0) is 12.1. The van der Waals surface area contributed by atoms with Gasteiger partial charge in [-0.2, -0.15) is 10.5 Å². The van der Waals surface area contributed by atoms with Crippen molar-refractivity contribution in [2.75, 3.05) is 5.32 Å². The summed E-state index contributed by atoms with van der Waals surface area (Å²) in [5.41, 5.74) is -0.0999. The Bertz CT molecular complexity index is 510. The van der Waals surface area contributed by atoms with E-state index in [9.17, 15) is 8.78 Å². The smallest absolute Gasteiger partial charge is 0.145 e. The number of rotatable bonds is 2. The van der Waals surface area contributed by atoms with Gasteiger partial charge in [0, 0.05) is 12.3 Å². The van der Waals surface area contributed by atoms with Gasteiger partial charge in [-0.15, -0.1) is 0 Å². The van der Waals surface area contributed by atoms with Crippen molar-refractivity contribution in [3.63, 3.8) is 0 Å². The van der Waals surface area contributed by atoms with E-state index >= 15 is 0 Å². The van der Waals surface area contributed by atoms with Crippen LogP contribution in [0.15, 0.2) is 28.4 Å². The van der Waals surface area contributed by atoms with Crippen molar-refractivity contribution in [3.05, 3.63) is 40.0 Å². The van der Waals surface area contributed by atoms with Gasteiger partial charge in [-0.05, 0) is 22.0 Å². The minimum atomic E-state index is -0.772. The SMILES string of the molecule is N#CC(C#N)=CNc1cc(F)cc(F)c1Br. The van der Waals surface area contributed by atoms with Crippen LogP contribution in [0.5, 0.6) is 0 Å². The van der Waals surface area contributed by atoms with Crippen LogP contribution in [0.4, 0.5) is 14.5 Å². The average Bonchev–Trinajstić information content (AvgIpc) is 2.26. The van der Waals surface area contributed by atoms with E-state index in [2.05, 4.69) is 21.2 Å². The van der Waals surface area contributed by atoms with Gasteiger partial charge in [0.15, 0.2) is 0 Å². The lowest BCUT2D eigenvalue weighted by molar-refractivity contribution is 0.580. The molecule has 1 rings (SSSR count). The molecule has 0 amide bonds. The van der Waals surface area contributed by atoms with E-state index < -0.39 is 11.6 Å². The monoisotopic (exact) mass is 283 g/mol. The molecule has 0 saturated carbocycles. The number of hydrogen-bond donors (Lipinski definition) is 1. The molecule has 3 nitrogen and oxygen atoms in total. The summed E-state index contributed by atoms with van der Waals surface area (Å²) < 4.78 is 25.9. The second-order valence-electron chi connectivity index (χ2n) is 2.68. The summed E-state index contributed by atoms with van der Waals surface area (Å²) in [6.07, 6.45) is 1.07. The molecule has 0 aromatic heterocycles. The fourth-order valence-electron chi connectivity index (χ4n) is 0.900. The second kappa shape index (κ2) is 5.24. The Labute approximate surface area is 98.7 Å². The Morgan fingerprint density at radius 3 is 2.50 bits per heavy atom. The first-order valence-corrected chi connectivity index (χ1v) is 4.79. The third-order valence-electron chi connectivity index (χ3n) is 1.61. The van der Waals surface area contributed by atoms with Gasteiger partial charge >= 0.3 is 0 Å². The minimum absolute atomic E-state index is 0.0281. The summed E-state index contributed by atoms with van der Waals surface area (Å²) in [5, 5.41) is 19.3. The van der Waals surface area contributed by atoms with Crippen LogP contribution in [0.25, 0.3) is 0 Å². The Balaban J connectivity index is 3.05. The fourth-order valence-corrected chi connectivity index (χ4v) is 1.24. The highest BCUT2D eigenvalue weighted by Gasteiger charge is 2.07. The molecule has 0 fully saturated rings. The summed E-state index contributed by atoms with van der Waals surface area (Å²) in [6.45, 7) is 0. The van der Waals surface area contributed by atoms with E-state index in [-0.39, 0.29) is 15.7 Å². The number of nitrogens with one attached hydrogen (secondary N) is 1. The molecule has 0 aliphatic rings. The molecule has 1 aromatic carbocycles. The van der Waals surface area contributed by atoms with Crippen molar-refractivity contribution in [1.82, 2.24) is 0 Å². The lowest BCUT2D eigenvalue weighted by Gasteiger charge is -2.04. The van der Waals surface area contributed by atoms with Crippen molar-refractivity contribution in [3.8, 4) is 12.1 Å². The van der Waals surface area contributed by atoms with E-state index in [1.807, 2.05) is 0 Å². The summed E-state index contributed by atoms with van der Waals surface area (Å²) in [6, 6.07) is 4.97. The number of hydrogen-bond acceptors (Lipinski definition) is 3. The molecular formula is C10H4BrF2N3. The van der Waals surface area contributed by atoms with Gasteiger partial charge in [0.2, 0.25) is 0 Å². The Kier molecular flexibility index (Phi) is 3.98. The quantitative estimate of drug-likeness (QED) is 0.670. The highest BCUT2D eigenvalue weighted by atomic mass is 79.9. The van der Waals surface area contributed by atoms with Crippen LogP contribution in [0, 0.1) is 34.3 Å². The van der Waals surface area contributed by atoms with E-state index in [1.54, 1.807) is 12.1 Å². The van der Waals surface area contributed by atoms with Crippen molar-refractivity contribution >= 4 is 21.6 Å². The lowest BCUT2D eigenvalue weighted by Crippen LogP contribution is -1.94. The predicted molar refractivity (Wildman–Crippen MR) is 57.0 cm³/mol. The maximum absolute atomic E-state index is 13.1. The molecule has 16 heavy (non-hydrogen) atoms. The van der Waals surface area contributed by atoms with Gasteiger partial charge in [0.25, 0.3) is 0 Å². The highest BCUT2D eigenvalue weighted by Crippen LogP contribution is 2.26. The number of halogens is 3. The number of allylic oxidation sites excluding steroid dienone is 1. The fraction of sp³-hybridized carbons (Fsp3) is 0. The van der Waals surface area contributed by atoms with Gasteiger partial charge in [-0.3, -0.25) is 0 Å². The molecule has 6 heteroatoms. The van der Waals surface area contributed by atoms with Crippen LogP contribution in [-0.2, 0) is 0 Å². The average molecular weight is 284 g/mol. The van der Waals surface area contributed by atoms with E-state index in [0.29, 0.717) is 6.07 Å². The highest BCUT2D eigenvalue weighted by molar-refractivity contribution is 9.10. The van der Waals surface area contributed by atoms with Crippen LogP contribution >= 0.6 is 15.9 Å². The van der Waals surface area contributed by atoms with Crippen molar-refractivity contribution in [2.24, 2.45) is 0 Å². The molecular weight excluding hydrogens is 280 g/mol. The first-order chi connectivity index (χ1) is 7.58. The van der Waals surface area contributed by atoms with Gasteiger partial charge in [0.05, 0.1) is 10.2 Å². The Morgan fingerprint density at radius 1 is 1.31 bits per heavy atom. The van der Waals surface area contributed by atoms with Crippen molar-refractivity contribution in [2.45, 2.75) is 0 Å². The van der Waals surface area contributed by atoms with Crippen LogP contribution in [-0.4, -0.2) is 0 Å². The number of nitriles is 2. The largest absolute Gasteiger partial charge is 0.359 e. The standard InChI is InChI=1S/C10H4BrF2N3/c11-10-8(13)1-7(12)2-9(10)16-5-6(3-14)4-15/h1-2,5,16H. The molecule has 0 unspecified atom stereocenters. The van der Waals surface area contributed by atoms with Crippen LogP contribution in [0.2, 0.25) is 0 Å². The number of nitrogens with zero attached hydrogens (tertiary/aromatic N) is 2. The summed E-state index contributed by atoms with van der Waals surface area (Å²) in [7, 11) is 0. The zero-order valence-corrected chi connectivity index (χ0v) is 9.35. The molecule has 0 saturated heterocycles. The Hall–Kier alpha value is -1.92. The third kappa shape index (κ3) is 2.78. The third-order valence-corrected chi connectivity index (χ3v) is 2.41. The molecule has 0 bridgehead atoms. The molecule has 0 atom stereocenters. The first-order valence-electron chi connectivity index (χ1n) is 4.00. The molecule has 0 radical (unpaired) electrons. The molecule has 1 aromatic rings. The molecule has 0 heterocycles. The topological polar surface area (TPSA) is 59.6 Å². The van der Waals surface area contributed by atoms with E-state index in [1.165, 1.54) is 0 Å². The normalized spacial score (nSPS) is 8.81. The predicted octanol–water partition coefficient (Wildman–Crippen LogP) is 3.07. The molecule has 0 spiro atoms. The zero-order valence-electron chi connectivity index (χ0n) is 7.76. The van der Waals surface area contributed by atoms with Gasteiger partial charge in [0.1, 0.15) is 29.3 Å². The Morgan fingerprint density at radius 2 is 1.94 bits per heavy atom. The first kappa shape index (κ1) is 12.2. The van der Waals surface area contributed by atoms with Crippen molar-refractivity contribution < 1.29 is 8.78 Å². The van der Waals surface area contributed by atoms with Gasteiger partial charge < -0.3 is 5.32 Å². The van der Waals surface area contributed by atoms with Gasteiger partial charge in [-0.25, -0.2) is 8.78 Å². The second-order valence-corrected chi connectivity index (χ2v) is 3.47. The number of benzene rings is 1.